The number of hydrogen-bond acceptors (Lipinski definition) is 4. The van der Waals surface area contributed by atoms with E-state index in [4.69, 9.17) is 5.11 Å². The molecule has 0 aromatic rings. The zero-order valence-electron chi connectivity index (χ0n) is 19.5. The fourth-order valence-corrected chi connectivity index (χ4v) is 2.92. The summed E-state index contributed by atoms with van der Waals surface area (Å²) in [5, 5.41) is 8.35. The fourth-order valence-electron chi connectivity index (χ4n) is 2.92. The van der Waals surface area contributed by atoms with E-state index in [2.05, 4.69) is 0 Å². The SMILES string of the molecule is O=C(C(F)(F)C(F)(C(=O)C(F)(F)C(F)(C(=O)C(F)(F)C(F)(F)C(F)(F)F)C(F)(F)F)C(F)(F)F)C(F)(CCCO)C(F)(F)F. The van der Waals surface area contributed by atoms with Crippen molar-refractivity contribution < 1.29 is 120 Å². The number of aliphatic hydroxyl groups is 1. The summed E-state index contributed by atoms with van der Waals surface area (Å²) in [4.78, 5) is 34.3. The van der Waals surface area contributed by atoms with Crippen LogP contribution in [-0.4, -0.2) is 94.5 Å². The molecule has 0 aliphatic carbocycles. The van der Waals surface area contributed by atoms with Gasteiger partial charge in [0.15, 0.2) is 0 Å². The number of hydrogen-bond donors (Lipinski definition) is 1. The van der Waals surface area contributed by atoms with E-state index in [0.29, 0.717) is 0 Å². The topological polar surface area (TPSA) is 71.4 Å². The molecule has 0 amide bonds. The first-order valence-electron chi connectivity index (χ1n) is 9.88. The molecule has 0 bridgehead atoms. The second-order valence-corrected chi connectivity index (χ2v) is 8.22. The molecule has 0 saturated carbocycles. The van der Waals surface area contributed by atoms with E-state index in [0.717, 1.165) is 0 Å². The van der Waals surface area contributed by atoms with Crippen molar-refractivity contribution in [3.63, 3.8) is 0 Å². The molecule has 3 atom stereocenters. The number of carbonyl (C=O) groups excluding carboxylic acids is 3. The van der Waals surface area contributed by atoms with Gasteiger partial charge in [0.05, 0.1) is 0 Å². The van der Waals surface area contributed by atoms with Gasteiger partial charge in [0.2, 0.25) is 0 Å². The summed E-state index contributed by atoms with van der Waals surface area (Å²) < 4.78 is 308. The van der Waals surface area contributed by atoms with Gasteiger partial charge in [-0.3, -0.25) is 14.4 Å². The summed E-state index contributed by atoms with van der Waals surface area (Å²) in [6, 6.07) is 0. The highest BCUT2D eigenvalue weighted by Gasteiger charge is 2.93. The summed E-state index contributed by atoms with van der Waals surface area (Å²) in [6.45, 7) is -1.80. The summed E-state index contributed by atoms with van der Waals surface area (Å²) in [7, 11) is 0. The summed E-state index contributed by atoms with van der Waals surface area (Å²) >= 11 is 0. The number of Topliss-reactive ketones (excluding diaryl/α,β-unsaturated/α-hetero) is 3. The monoisotopic (exact) mass is 712 g/mol. The van der Waals surface area contributed by atoms with Crippen molar-refractivity contribution in [3.05, 3.63) is 0 Å². The molecular formula is C17H7F23O4. The maximum atomic E-state index is 14.7. The van der Waals surface area contributed by atoms with Gasteiger partial charge in [-0.05, 0) is 6.42 Å². The maximum Gasteiger partial charge on any atom is 0.460 e. The van der Waals surface area contributed by atoms with Crippen LogP contribution in [-0.2, 0) is 14.4 Å². The van der Waals surface area contributed by atoms with Crippen LogP contribution in [0.1, 0.15) is 12.8 Å². The minimum atomic E-state index is -9.08. The van der Waals surface area contributed by atoms with Crippen molar-refractivity contribution in [2.75, 3.05) is 6.61 Å². The summed E-state index contributed by atoms with van der Waals surface area (Å²) in [5.41, 5.74) is -24.6. The zero-order chi connectivity index (χ0) is 36.4. The van der Waals surface area contributed by atoms with Gasteiger partial charge in [-0.15, -0.1) is 0 Å². The van der Waals surface area contributed by atoms with Crippen molar-refractivity contribution >= 4 is 17.3 Å². The average molecular weight is 712 g/mol. The molecule has 44 heavy (non-hydrogen) atoms. The van der Waals surface area contributed by atoms with E-state index in [-0.39, 0.29) is 0 Å². The minimum Gasteiger partial charge on any atom is -0.396 e. The number of rotatable bonds is 12. The van der Waals surface area contributed by atoms with Crippen LogP contribution in [0.2, 0.25) is 0 Å². The Morgan fingerprint density at radius 1 is 0.409 bits per heavy atom. The zero-order valence-corrected chi connectivity index (χ0v) is 19.5. The van der Waals surface area contributed by atoms with Gasteiger partial charge >= 0.3 is 59.7 Å². The molecule has 1 N–H and O–H groups in total. The first kappa shape index (κ1) is 41.4. The van der Waals surface area contributed by atoms with Crippen LogP contribution in [0.25, 0.3) is 0 Å². The van der Waals surface area contributed by atoms with Crippen molar-refractivity contribution in [3.8, 4) is 0 Å². The second-order valence-electron chi connectivity index (χ2n) is 8.22. The largest absolute Gasteiger partial charge is 0.460 e. The smallest absolute Gasteiger partial charge is 0.396 e. The van der Waals surface area contributed by atoms with Gasteiger partial charge in [0, 0.05) is 13.0 Å². The van der Waals surface area contributed by atoms with Crippen molar-refractivity contribution in [2.24, 2.45) is 0 Å². The molecule has 0 fully saturated rings. The van der Waals surface area contributed by atoms with Crippen LogP contribution in [0.15, 0.2) is 0 Å². The molecular weight excluding hydrogens is 705 g/mol. The average Bonchev–Trinajstić information content (AvgIpc) is 2.81. The predicted molar refractivity (Wildman–Crippen MR) is 86.9 cm³/mol. The molecule has 0 aromatic carbocycles. The van der Waals surface area contributed by atoms with Crippen molar-refractivity contribution in [1.82, 2.24) is 0 Å². The summed E-state index contributed by atoms with van der Waals surface area (Å²) in [5.74, 6) is -52.7. The number of alkyl halides is 23. The Balaban J connectivity index is 7.90. The van der Waals surface area contributed by atoms with Crippen LogP contribution in [0.3, 0.4) is 0 Å². The summed E-state index contributed by atoms with van der Waals surface area (Å²) in [6.07, 6.45) is -37.6. The number of ketones is 3. The lowest BCUT2D eigenvalue weighted by atomic mass is 9.75. The molecule has 0 radical (unpaired) electrons. The highest BCUT2D eigenvalue weighted by atomic mass is 19.4. The molecule has 0 aromatic heterocycles. The molecule has 3 unspecified atom stereocenters. The lowest BCUT2D eigenvalue weighted by Gasteiger charge is -2.41. The van der Waals surface area contributed by atoms with Crippen LogP contribution >= 0.6 is 0 Å². The van der Waals surface area contributed by atoms with Gasteiger partial charge in [-0.2, -0.15) is 87.8 Å². The molecule has 0 rings (SSSR count). The van der Waals surface area contributed by atoms with E-state index in [1.807, 2.05) is 0 Å². The molecule has 0 saturated heterocycles. The van der Waals surface area contributed by atoms with Gasteiger partial charge in [-0.1, -0.05) is 0 Å². The number of carbonyl (C=O) groups is 3. The van der Waals surface area contributed by atoms with Crippen LogP contribution in [0.5, 0.6) is 0 Å². The van der Waals surface area contributed by atoms with Crippen molar-refractivity contribution in [1.29, 1.82) is 0 Å². The normalized spacial score (nSPS) is 19.1. The fraction of sp³-hybridized carbons (Fsp3) is 0.824. The Bertz CT molecular complexity index is 1110. The Hall–Kier alpha value is -2.64. The molecule has 0 heterocycles. The van der Waals surface area contributed by atoms with E-state index in [1.165, 1.54) is 0 Å². The highest BCUT2D eigenvalue weighted by Crippen LogP contribution is 2.59. The van der Waals surface area contributed by atoms with E-state index < -0.39 is 102 Å². The molecule has 260 valence electrons. The molecule has 27 heteroatoms. The van der Waals surface area contributed by atoms with Crippen LogP contribution < -0.4 is 0 Å². The maximum absolute atomic E-state index is 14.7. The molecule has 4 nitrogen and oxygen atoms in total. The lowest BCUT2D eigenvalue weighted by Crippen LogP contribution is -2.77. The van der Waals surface area contributed by atoms with E-state index in [1.54, 1.807) is 0 Å². The van der Waals surface area contributed by atoms with Crippen LogP contribution in [0.4, 0.5) is 101 Å². The Morgan fingerprint density at radius 3 is 0.955 bits per heavy atom. The number of halogens is 23. The van der Waals surface area contributed by atoms with E-state index in [9.17, 15) is 115 Å². The quantitative estimate of drug-likeness (QED) is 0.239. The Labute approximate surface area is 224 Å². The van der Waals surface area contributed by atoms with Gasteiger partial charge < -0.3 is 5.11 Å². The Kier molecular flexibility index (Phi) is 10.3. The molecule has 0 aliphatic heterocycles. The first-order chi connectivity index (χ1) is 18.8. The third-order valence-electron chi connectivity index (χ3n) is 5.37. The molecule has 0 aliphatic rings. The highest BCUT2D eigenvalue weighted by molar-refractivity contribution is 6.09. The third kappa shape index (κ3) is 5.64. The first-order valence-corrected chi connectivity index (χ1v) is 9.88. The van der Waals surface area contributed by atoms with Crippen molar-refractivity contribution in [2.45, 2.75) is 78.2 Å². The predicted octanol–water partition coefficient (Wildman–Crippen LogP) is 6.38. The van der Waals surface area contributed by atoms with Crippen LogP contribution in [0, 0.1) is 0 Å². The number of aliphatic hydroxyl groups excluding tert-OH is 1. The van der Waals surface area contributed by atoms with Gasteiger partial charge in [0.25, 0.3) is 23.0 Å². The van der Waals surface area contributed by atoms with E-state index >= 15 is 0 Å². The standard InChI is InChI=1S/C17H7F23O4/c18-7(2-1-3-41,14(29,30)31)4(42)10(21,22)8(19,15(32,33)34)5(43)11(23,24)9(20,16(35,36)37)6(44)12(25,26)13(27,28)17(38,39)40/h41H,1-3H2. The third-order valence-corrected chi connectivity index (χ3v) is 5.37. The van der Waals surface area contributed by atoms with Gasteiger partial charge in [-0.25, -0.2) is 13.2 Å². The Morgan fingerprint density at radius 2 is 0.705 bits per heavy atom. The lowest BCUT2D eigenvalue weighted by molar-refractivity contribution is -0.355. The van der Waals surface area contributed by atoms with Gasteiger partial charge in [0.1, 0.15) is 0 Å². The minimum absolute atomic E-state index is 1.80. The molecule has 0 spiro atoms. The second kappa shape index (κ2) is 11.0.